The summed E-state index contributed by atoms with van der Waals surface area (Å²) in [7, 11) is -4.31. The molecule has 0 spiro atoms. The summed E-state index contributed by atoms with van der Waals surface area (Å²) < 4.78 is 66.5. The lowest BCUT2D eigenvalue weighted by molar-refractivity contribution is -0.139. The molecule has 0 aromatic heterocycles. The first kappa shape index (κ1) is 23.7. The Labute approximate surface area is 182 Å². The number of nitrogens with zero attached hydrogens (tertiary/aromatic N) is 2. The number of anilines is 1. The van der Waals surface area contributed by atoms with Gasteiger partial charge in [-0.2, -0.15) is 30.6 Å². The first-order valence-electron chi connectivity index (χ1n) is 9.49. The second-order valence-corrected chi connectivity index (χ2v) is 8.83. The van der Waals surface area contributed by atoms with Gasteiger partial charge in [0.1, 0.15) is 6.04 Å². The van der Waals surface area contributed by atoms with Gasteiger partial charge in [-0.1, -0.05) is 30.3 Å². The van der Waals surface area contributed by atoms with Crippen LogP contribution in [0, 0.1) is 0 Å². The van der Waals surface area contributed by atoms with Crippen LogP contribution < -0.4 is 9.62 Å². The number of aliphatic carboxylic acids is 1. The molecule has 8 nitrogen and oxygen atoms in total. The van der Waals surface area contributed by atoms with Crippen molar-refractivity contribution >= 4 is 27.8 Å². The van der Waals surface area contributed by atoms with Crippen LogP contribution in [0.15, 0.2) is 54.6 Å². The number of carbonyl (C=O) groups excluding carboxylic acids is 1. The van der Waals surface area contributed by atoms with Gasteiger partial charge >= 0.3 is 12.1 Å². The van der Waals surface area contributed by atoms with Crippen LogP contribution in [0.2, 0.25) is 0 Å². The fourth-order valence-electron chi connectivity index (χ4n) is 3.24. The van der Waals surface area contributed by atoms with E-state index in [0.717, 1.165) is 28.6 Å². The molecule has 1 saturated heterocycles. The first-order valence-corrected chi connectivity index (χ1v) is 10.9. The molecular weight excluding hydrogens is 451 g/mol. The highest BCUT2D eigenvalue weighted by atomic mass is 32.2. The highest BCUT2D eigenvalue weighted by molar-refractivity contribution is 7.87. The Kier molecular flexibility index (Phi) is 6.86. The number of hydrogen-bond acceptors (Lipinski definition) is 4. The van der Waals surface area contributed by atoms with Crippen LogP contribution in [0.3, 0.4) is 0 Å². The Morgan fingerprint density at radius 1 is 1.06 bits per heavy atom. The molecular formula is C20H20F3N3O5S. The van der Waals surface area contributed by atoms with Gasteiger partial charge in [0.05, 0.1) is 12.1 Å². The minimum Gasteiger partial charge on any atom is -0.480 e. The molecule has 2 aromatic carbocycles. The number of nitrogens with one attached hydrogen (secondary N) is 1. The minimum atomic E-state index is -4.51. The summed E-state index contributed by atoms with van der Waals surface area (Å²) in [4.78, 5) is 25.2. The number of piperazine rings is 1. The summed E-state index contributed by atoms with van der Waals surface area (Å²) in [6.07, 6.45) is -4.60. The second-order valence-electron chi connectivity index (χ2n) is 7.13. The number of amides is 1. The lowest BCUT2D eigenvalue weighted by atomic mass is 10.1. The molecule has 1 amide bonds. The van der Waals surface area contributed by atoms with Crippen LogP contribution >= 0.6 is 0 Å². The van der Waals surface area contributed by atoms with Crippen LogP contribution in [0.25, 0.3) is 0 Å². The first-order chi connectivity index (χ1) is 15.0. The number of halogens is 3. The van der Waals surface area contributed by atoms with Gasteiger partial charge in [-0.15, -0.1) is 0 Å². The summed E-state index contributed by atoms with van der Waals surface area (Å²) >= 11 is 0. The number of carboxylic acids is 1. The lowest BCUT2D eigenvalue weighted by Gasteiger charge is -2.34. The molecule has 0 aliphatic carbocycles. The Bertz CT molecular complexity index is 1080. The molecule has 1 heterocycles. The summed E-state index contributed by atoms with van der Waals surface area (Å²) in [5, 5.41) is 9.42. The summed E-state index contributed by atoms with van der Waals surface area (Å²) in [5.74, 6) is -2.01. The molecule has 2 aromatic rings. The molecule has 1 atom stereocenters. The van der Waals surface area contributed by atoms with Gasteiger partial charge in [0.25, 0.3) is 10.2 Å². The van der Waals surface area contributed by atoms with E-state index in [4.69, 9.17) is 0 Å². The van der Waals surface area contributed by atoms with Crippen LogP contribution in [0.4, 0.5) is 18.9 Å². The van der Waals surface area contributed by atoms with Gasteiger partial charge in [0, 0.05) is 18.8 Å². The maximum atomic E-state index is 12.7. The molecule has 0 bridgehead atoms. The van der Waals surface area contributed by atoms with Gasteiger partial charge in [-0.25, -0.2) is 0 Å². The van der Waals surface area contributed by atoms with Crippen LogP contribution in [0.1, 0.15) is 11.1 Å². The van der Waals surface area contributed by atoms with E-state index in [1.165, 1.54) is 4.90 Å². The number of carboxylic acid groups (broad SMARTS) is 1. The van der Waals surface area contributed by atoms with Crippen molar-refractivity contribution < 1.29 is 36.3 Å². The summed E-state index contributed by atoms with van der Waals surface area (Å²) in [6.45, 7) is -0.824. The Morgan fingerprint density at radius 3 is 2.22 bits per heavy atom. The van der Waals surface area contributed by atoms with Gasteiger partial charge < -0.3 is 10.0 Å². The molecule has 2 N–H and O–H groups in total. The number of benzene rings is 2. The molecule has 32 heavy (non-hydrogen) atoms. The average molecular weight is 471 g/mol. The van der Waals surface area contributed by atoms with E-state index in [-0.39, 0.29) is 25.2 Å². The average Bonchev–Trinajstić information content (AvgIpc) is 2.73. The van der Waals surface area contributed by atoms with E-state index in [1.807, 2.05) is 0 Å². The molecule has 1 fully saturated rings. The largest absolute Gasteiger partial charge is 0.480 e. The Balaban J connectivity index is 1.67. The predicted octanol–water partition coefficient (Wildman–Crippen LogP) is 1.88. The Hall–Kier alpha value is -2.96. The number of hydrogen-bond donors (Lipinski definition) is 2. The fourth-order valence-corrected chi connectivity index (χ4v) is 4.54. The van der Waals surface area contributed by atoms with Crippen LogP contribution in [0.5, 0.6) is 0 Å². The highest BCUT2D eigenvalue weighted by Gasteiger charge is 2.36. The normalized spacial score (nSPS) is 16.7. The van der Waals surface area contributed by atoms with Gasteiger partial charge in [-0.05, 0) is 36.2 Å². The molecule has 0 radical (unpaired) electrons. The molecule has 1 aliphatic rings. The van der Waals surface area contributed by atoms with Gasteiger partial charge in [0.2, 0.25) is 5.91 Å². The monoisotopic (exact) mass is 471 g/mol. The van der Waals surface area contributed by atoms with Crippen LogP contribution in [-0.2, 0) is 32.4 Å². The predicted molar refractivity (Wildman–Crippen MR) is 109 cm³/mol. The number of rotatable bonds is 7. The number of carbonyl (C=O) groups is 2. The standard InChI is InChI=1S/C20H20F3N3O5S/c21-20(22,23)15-6-8-16(9-7-15)26-11-10-25(13-18(26)27)32(30,31)24-17(19(28)29)12-14-4-2-1-3-5-14/h1-9,17,24H,10-13H2,(H,28,29). The Morgan fingerprint density at radius 2 is 1.69 bits per heavy atom. The van der Waals surface area contributed by atoms with Crippen molar-refractivity contribution in [2.45, 2.75) is 18.6 Å². The second kappa shape index (κ2) is 9.27. The van der Waals surface area contributed by atoms with Gasteiger partial charge in [0.15, 0.2) is 0 Å². The maximum Gasteiger partial charge on any atom is 0.416 e. The van der Waals surface area contributed by atoms with Crippen molar-refractivity contribution in [1.82, 2.24) is 9.03 Å². The zero-order valence-corrected chi connectivity index (χ0v) is 17.4. The van der Waals surface area contributed by atoms with E-state index in [1.54, 1.807) is 30.3 Å². The minimum absolute atomic E-state index is 0.0884. The molecule has 1 aliphatic heterocycles. The van der Waals surface area contributed by atoms with Crippen molar-refractivity contribution in [3.8, 4) is 0 Å². The molecule has 0 saturated carbocycles. The number of alkyl halides is 3. The molecule has 1 unspecified atom stereocenters. The van der Waals surface area contributed by atoms with Crippen molar-refractivity contribution in [1.29, 1.82) is 0 Å². The third-order valence-corrected chi connectivity index (χ3v) is 6.48. The third kappa shape index (κ3) is 5.64. The quantitative estimate of drug-likeness (QED) is 0.642. The van der Waals surface area contributed by atoms with E-state index in [2.05, 4.69) is 4.72 Å². The van der Waals surface area contributed by atoms with Crippen LogP contribution in [-0.4, -0.2) is 55.4 Å². The topological polar surface area (TPSA) is 107 Å². The summed E-state index contributed by atoms with van der Waals surface area (Å²) in [5.41, 5.74) is -0.0384. The fraction of sp³-hybridized carbons (Fsp3) is 0.300. The highest BCUT2D eigenvalue weighted by Crippen LogP contribution is 2.31. The van der Waals surface area contributed by atoms with Crippen molar-refractivity contribution in [2.24, 2.45) is 0 Å². The molecule has 172 valence electrons. The van der Waals surface area contributed by atoms with E-state index < -0.39 is 46.4 Å². The van der Waals surface area contributed by atoms with Crippen molar-refractivity contribution in [2.75, 3.05) is 24.5 Å². The van der Waals surface area contributed by atoms with Gasteiger partial charge in [-0.3, -0.25) is 9.59 Å². The zero-order chi connectivity index (χ0) is 23.5. The zero-order valence-electron chi connectivity index (χ0n) is 16.6. The van der Waals surface area contributed by atoms with E-state index >= 15 is 0 Å². The lowest BCUT2D eigenvalue weighted by Crippen LogP contribution is -2.57. The SMILES string of the molecule is O=C(O)C(Cc1ccccc1)NS(=O)(=O)N1CCN(c2ccc(C(F)(F)F)cc2)C(=O)C1. The van der Waals surface area contributed by atoms with E-state index in [9.17, 15) is 36.3 Å². The summed E-state index contributed by atoms with van der Waals surface area (Å²) in [6, 6.07) is 11.0. The maximum absolute atomic E-state index is 12.7. The van der Waals surface area contributed by atoms with Crippen molar-refractivity contribution in [3.63, 3.8) is 0 Å². The molecule has 12 heteroatoms. The third-order valence-electron chi connectivity index (χ3n) is 4.90. The van der Waals surface area contributed by atoms with E-state index in [0.29, 0.717) is 5.56 Å². The molecule has 3 rings (SSSR count). The smallest absolute Gasteiger partial charge is 0.416 e. The van der Waals surface area contributed by atoms with Crippen molar-refractivity contribution in [3.05, 3.63) is 65.7 Å².